The van der Waals surface area contributed by atoms with Gasteiger partial charge in [0.15, 0.2) is 10.7 Å². The van der Waals surface area contributed by atoms with Crippen molar-refractivity contribution in [2.24, 2.45) is 5.92 Å². The van der Waals surface area contributed by atoms with Crippen molar-refractivity contribution in [3.63, 3.8) is 0 Å². The molecule has 0 spiro atoms. The van der Waals surface area contributed by atoms with E-state index in [0.29, 0.717) is 31.1 Å². The molecule has 2 aliphatic rings. The summed E-state index contributed by atoms with van der Waals surface area (Å²) >= 11 is 0.945. The Morgan fingerprint density at radius 2 is 1.94 bits per heavy atom. The summed E-state index contributed by atoms with van der Waals surface area (Å²) in [6, 6.07) is 11.8. The minimum absolute atomic E-state index is 0.00165. The lowest BCUT2D eigenvalue weighted by Gasteiger charge is -2.42. The smallest absolute Gasteiger partial charge is 0.324 e. The average Bonchev–Trinajstić information content (AvgIpc) is 3.27. The summed E-state index contributed by atoms with van der Waals surface area (Å²) in [5, 5.41) is 9.66. The summed E-state index contributed by atoms with van der Waals surface area (Å²) in [5.74, 6) is 0.521. The van der Waals surface area contributed by atoms with E-state index in [4.69, 9.17) is 4.74 Å². The summed E-state index contributed by atoms with van der Waals surface area (Å²) in [7, 11) is 1.52. The maximum atomic E-state index is 13.3. The predicted octanol–water partition coefficient (Wildman–Crippen LogP) is 2.61. The van der Waals surface area contributed by atoms with Crippen LogP contribution in [0.15, 0.2) is 47.3 Å². The Labute approximate surface area is 193 Å². The Morgan fingerprint density at radius 1 is 1.09 bits per heavy atom. The second-order valence-corrected chi connectivity index (χ2v) is 8.89. The zero-order valence-corrected chi connectivity index (χ0v) is 18.7. The van der Waals surface area contributed by atoms with Gasteiger partial charge in [-0.25, -0.2) is 4.79 Å². The molecule has 2 unspecified atom stereocenters. The number of methoxy groups -OCH3 is 1. The number of pyridine rings is 1. The van der Waals surface area contributed by atoms with E-state index in [9.17, 15) is 14.4 Å². The number of carbonyl (C=O) groups excluding carboxylic acids is 2. The third kappa shape index (κ3) is 4.07. The molecule has 1 aromatic carbocycles. The third-order valence-corrected chi connectivity index (χ3v) is 6.68. The van der Waals surface area contributed by atoms with Crippen molar-refractivity contribution in [1.29, 1.82) is 0 Å². The van der Waals surface area contributed by atoms with E-state index >= 15 is 0 Å². The molecular formula is C22H22N6O4S. The number of para-hydroxylation sites is 2. The van der Waals surface area contributed by atoms with E-state index in [2.05, 4.69) is 20.2 Å². The lowest BCUT2D eigenvalue weighted by Crippen LogP contribution is -2.49. The molecule has 3 aromatic rings. The van der Waals surface area contributed by atoms with Gasteiger partial charge in [-0.3, -0.25) is 14.9 Å². The van der Waals surface area contributed by atoms with Gasteiger partial charge < -0.3 is 19.5 Å². The van der Waals surface area contributed by atoms with Gasteiger partial charge in [0.2, 0.25) is 0 Å². The number of ether oxygens (including phenoxy) is 1. The molecule has 2 N–H and O–H groups in total. The predicted molar refractivity (Wildman–Crippen MR) is 123 cm³/mol. The lowest BCUT2D eigenvalue weighted by atomic mass is 9.83. The minimum atomic E-state index is -0.525. The number of aromatic nitrogens is 3. The van der Waals surface area contributed by atoms with Gasteiger partial charge in [-0.15, -0.1) is 5.10 Å². The van der Waals surface area contributed by atoms with E-state index in [-0.39, 0.29) is 34.0 Å². The maximum Gasteiger partial charge on any atom is 0.324 e. The number of likely N-dealkylation sites (tertiary alicyclic amines) is 1. The highest BCUT2D eigenvalue weighted by atomic mass is 32.1. The zero-order valence-electron chi connectivity index (χ0n) is 17.9. The fraction of sp³-hybridized carbons (Fsp3) is 0.318. The average molecular weight is 467 g/mol. The Hall–Kier alpha value is -3.73. The van der Waals surface area contributed by atoms with Gasteiger partial charge in [0, 0.05) is 48.8 Å². The number of nitrogens with zero attached hydrogens (tertiary/aromatic N) is 4. The summed E-state index contributed by atoms with van der Waals surface area (Å²) in [5.41, 5.74) is 1.57. The SMILES string of the molecule is COc1ccccc1NC(=O)Nc1snnc1C(=O)N1CC2CC(C1)c1cccc(=O)n1C2. The first-order valence-corrected chi connectivity index (χ1v) is 11.3. The van der Waals surface area contributed by atoms with Crippen molar-refractivity contribution in [3.8, 4) is 5.75 Å². The van der Waals surface area contributed by atoms with Crippen LogP contribution in [0.1, 0.15) is 28.5 Å². The number of carbonyl (C=O) groups is 2. The molecule has 5 rings (SSSR count). The van der Waals surface area contributed by atoms with Crippen molar-refractivity contribution in [1.82, 2.24) is 19.1 Å². The molecule has 2 atom stereocenters. The maximum absolute atomic E-state index is 13.3. The quantitative estimate of drug-likeness (QED) is 0.610. The van der Waals surface area contributed by atoms with Crippen LogP contribution in [0, 0.1) is 5.92 Å². The molecule has 2 bridgehead atoms. The molecule has 10 nitrogen and oxygen atoms in total. The first kappa shape index (κ1) is 21.1. The second-order valence-electron chi connectivity index (χ2n) is 8.14. The molecule has 0 saturated carbocycles. The van der Waals surface area contributed by atoms with E-state index in [1.165, 1.54) is 7.11 Å². The number of rotatable bonds is 4. The molecule has 4 heterocycles. The van der Waals surface area contributed by atoms with E-state index in [0.717, 1.165) is 23.6 Å². The first-order chi connectivity index (χ1) is 16.0. The van der Waals surface area contributed by atoms with Gasteiger partial charge in [-0.2, -0.15) is 0 Å². The third-order valence-electron chi connectivity index (χ3n) is 6.04. The molecule has 1 saturated heterocycles. The summed E-state index contributed by atoms with van der Waals surface area (Å²) in [6.45, 7) is 1.61. The van der Waals surface area contributed by atoms with Crippen LogP contribution in [0.25, 0.3) is 0 Å². The highest BCUT2D eigenvalue weighted by Gasteiger charge is 2.37. The van der Waals surface area contributed by atoms with Crippen LogP contribution in [0.5, 0.6) is 5.75 Å². The van der Waals surface area contributed by atoms with Crippen LogP contribution < -0.4 is 20.9 Å². The van der Waals surface area contributed by atoms with Crippen molar-refractivity contribution in [2.75, 3.05) is 30.8 Å². The fourth-order valence-electron chi connectivity index (χ4n) is 4.63. The molecule has 0 aliphatic carbocycles. The van der Waals surface area contributed by atoms with Gasteiger partial charge in [-0.1, -0.05) is 22.7 Å². The number of hydrogen-bond acceptors (Lipinski definition) is 7. The number of urea groups is 1. The number of piperidine rings is 1. The van der Waals surface area contributed by atoms with Crippen LogP contribution in [-0.4, -0.2) is 51.2 Å². The molecule has 1 fully saturated rings. The Morgan fingerprint density at radius 3 is 2.79 bits per heavy atom. The first-order valence-electron chi connectivity index (χ1n) is 10.6. The molecule has 0 radical (unpaired) electrons. The molecule has 3 amide bonds. The molecule has 33 heavy (non-hydrogen) atoms. The van der Waals surface area contributed by atoms with E-state index in [1.807, 2.05) is 10.6 Å². The number of fused-ring (bicyclic) bond motifs is 4. The number of benzene rings is 1. The Balaban J connectivity index is 1.31. The highest BCUT2D eigenvalue weighted by molar-refractivity contribution is 7.10. The molecular weight excluding hydrogens is 444 g/mol. The monoisotopic (exact) mass is 466 g/mol. The lowest BCUT2D eigenvalue weighted by molar-refractivity contribution is 0.0590. The summed E-state index contributed by atoms with van der Waals surface area (Å²) in [4.78, 5) is 39.8. The summed E-state index contributed by atoms with van der Waals surface area (Å²) in [6.07, 6.45) is 0.939. The van der Waals surface area contributed by atoms with Gasteiger partial charge >= 0.3 is 6.03 Å². The minimum Gasteiger partial charge on any atom is -0.495 e. The van der Waals surface area contributed by atoms with Gasteiger partial charge in [0.05, 0.1) is 12.8 Å². The van der Waals surface area contributed by atoms with E-state index < -0.39 is 6.03 Å². The molecule has 11 heteroatoms. The Bertz CT molecular complexity index is 1270. The van der Waals surface area contributed by atoms with Crippen molar-refractivity contribution in [3.05, 3.63) is 64.2 Å². The highest BCUT2D eigenvalue weighted by Crippen LogP contribution is 2.36. The van der Waals surface area contributed by atoms with Crippen LogP contribution >= 0.6 is 11.5 Å². The van der Waals surface area contributed by atoms with Crippen LogP contribution in [0.4, 0.5) is 15.5 Å². The van der Waals surface area contributed by atoms with Crippen LogP contribution in [-0.2, 0) is 6.54 Å². The van der Waals surface area contributed by atoms with Crippen LogP contribution in [0.3, 0.4) is 0 Å². The topological polar surface area (TPSA) is 118 Å². The number of hydrogen-bond donors (Lipinski definition) is 2. The van der Waals surface area contributed by atoms with Crippen molar-refractivity contribution in [2.45, 2.75) is 18.9 Å². The number of anilines is 2. The molecule has 2 aromatic heterocycles. The summed E-state index contributed by atoms with van der Waals surface area (Å²) < 4.78 is 10.9. The van der Waals surface area contributed by atoms with Gasteiger partial charge in [0.1, 0.15) is 5.75 Å². The largest absolute Gasteiger partial charge is 0.495 e. The molecule has 2 aliphatic heterocycles. The number of nitrogens with one attached hydrogen (secondary N) is 2. The van der Waals surface area contributed by atoms with Gasteiger partial charge in [-0.05, 0) is 30.5 Å². The number of amides is 3. The van der Waals surface area contributed by atoms with E-state index in [1.54, 1.807) is 41.3 Å². The standard InChI is InChI=1S/C22H22N6O4S/c1-32-17-7-3-2-5-15(17)23-22(31)24-20-19(25-26-33-20)21(30)27-10-13-9-14(12-27)16-6-4-8-18(29)28(16)11-13/h2-8,13-14H,9-12H2,1H3,(H2,23,24,31). The fourth-order valence-corrected chi connectivity index (χ4v) is 5.19. The van der Waals surface area contributed by atoms with Crippen LogP contribution in [0.2, 0.25) is 0 Å². The molecule has 170 valence electrons. The van der Waals surface area contributed by atoms with Crippen molar-refractivity contribution < 1.29 is 14.3 Å². The second kappa shape index (κ2) is 8.66. The zero-order chi connectivity index (χ0) is 22.9. The Kier molecular flexibility index (Phi) is 5.55. The van der Waals surface area contributed by atoms with Gasteiger partial charge in [0.25, 0.3) is 11.5 Å². The normalized spacial score (nSPS) is 18.9. The van der Waals surface area contributed by atoms with Crippen molar-refractivity contribution >= 4 is 34.2 Å².